The molecule has 7 nitrogen and oxygen atoms in total. The van der Waals surface area contributed by atoms with E-state index in [2.05, 4.69) is 26.8 Å². The first-order chi connectivity index (χ1) is 12.9. The smallest absolute Gasteiger partial charge is 0.333 e. The molecule has 158 valence electrons. The van der Waals surface area contributed by atoms with Crippen LogP contribution in [0.1, 0.15) is 59.8 Å². The van der Waals surface area contributed by atoms with Gasteiger partial charge in [-0.1, -0.05) is 38.8 Å². The number of allylic oxidation sites excluding steroid dienone is 1. The molecule has 0 aliphatic heterocycles. The van der Waals surface area contributed by atoms with E-state index in [0.29, 0.717) is 5.92 Å². The fourth-order valence-electron chi connectivity index (χ4n) is 5.53. The van der Waals surface area contributed by atoms with Crippen LogP contribution in [-0.4, -0.2) is 45.9 Å². The van der Waals surface area contributed by atoms with E-state index >= 15 is 0 Å². The van der Waals surface area contributed by atoms with Gasteiger partial charge in [0.25, 0.3) is 0 Å². The van der Waals surface area contributed by atoms with E-state index in [1.807, 2.05) is 6.92 Å². The molecule has 3 N–H and O–H groups in total. The number of hydrogen-bond donors (Lipinski definition) is 3. The third kappa shape index (κ3) is 4.40. The zero-order valence-electron chi connectivity index (χ0n) is 17.1. The maximum atomic E-state index is 11.7. The summed E-state index contributed by atoms with van der Waals surface area (Å²) in [4.78, 5) is 34.1. The number of carboxylic acid groups (broad SMARTS) is 3. The fourth-order valence-corrected chi connectivity index (χ4v) is 5.53. The number of hydrogen-bond acceptors (Lipinski definition) is 4. The first-order valence-electron chi connectivity index (χ1n) is 9.86. The van der Waals surface area contributed by atoms with E-state index in [-0.39, 0.29) is 23.4 Å². The molecule has 0 spiro atoms. The monoisotopic (exact) mass is 396 g/mol. The standard InChI is InChI=1S/C21H32O7/c1-12-6-7-15-20(2,3)8-5-9-21(15,4)14(12)11-28-17(19(26)27)13(18(24)25)10-16(22)23/h6,13-15,17H,5,7-11H2,1-4H3,(H,22,23)(H,24,25)(H,26,27). The summed E-state index contributed by atoms with van der Waals surface area (Å²) < 4.78 is 5.64. The van der Waals surface area contributed by atoms with Crippen LogP contribution in [0.15, 0.2) is 11.6 Å². The van der Waals surface area contributed by atoms with Crippen molar-refractivity contribution in [1.82, 2.24) is 0 Å². The Hall–Kier alpha value is -1.89. The van der Waals surface area contributed by atoms with E-state index in [1.165, 1.54) is 0 Å². The Morgan fingerprint density at radius 2 is 1.79 bits per heavy atom. The Morgan fingerprint density at radius 1 is 1.14 bits per heavy atom. The van der Waals surface area contributed by atoms with Crippen LogP contribution in [0.4, 0.5) is 0 Å². The molecule has 5 atom stereocenters. The summed E-state index contributed by atoms with van der Waals surface area (Å²) in [6.07, 6.45) is 3.92. The molecule has 2 aliphatic carbocycles. The molecule has 1 saturated carbocycles. The van der Waals surface area contributed by atoms with Crippen LogP contribution in [0.2, 0.25) is 0 Å². The Labute approximate surface area is 165 Å². The number of ether oxygens (including phenoxy) is 1. The van der Waals surface area contributed by atoms with Crippen molar-refractivity contribution in [2.75, 3.05) is 6.61 Å². The molecular weight excluding hydrogens is 364 g/mol. The van der Waals surface area contributed by atoms with E-state index in [4.69, 9.17) is 9.84 Å². The van der Waals surface area contributed by atoms with Gasteiger partial charge in [0.1, 0.15) is 5.92 Å². The lowest BCUT2D eigenvalue weighted by atomic mass is 9.49. The van der Waals surface area contributed by atoms with Gasteiger partial charge in [0.2, 0.25) is 0 Å². The third-order valence-corrected chi connectivity index (χ3v) is 7.06. The van der Waals surface area contributed by atoms with Crippen LogP contribution in [0.3, 0.4) is 0 Å². The minimum absolute atomic E-state index is 0.0213. The van der Waals surface area contributed by atoms with Crippen LogP contribution in [0.25, 0.3) is 0 Å². The Bertz CT molecular complexity index is 666. The van der Waals surface area contributed by atoms with Crippen molar-refractivity contribution >= 4 is 17.9 Å². The molecule has 0 amide bonds. The lowest BCUT2D eigenvalue weighted by Gasteiger charge is -2.56. The lowest BCUT2D eigenvalue weighted by Crippen LogP contribution is -2.50. The average molecular weight is 396 g/mol. The third-order valence-electron chi connectivity index (χ3n) is 7.06. The second kappa shape index (κ2) is 8.23. The fraction of sp³-hybridized carbons (Fsp3) is 0.762. The molecular formula is C21H32O7. The average Bonchev–Trinajstić information content (AvgIpc) is 2.54. The molecule has 0 bridgehead atoms. The Morgan fingerprint density at radius 3 is 2.32 bits per heavy atom. The summed E-state index contributed by atoms with van der Waals surface area (Å²) in [5.74, 6) is -5.51. The van der Waals surface area contributed by atoms with Crippen molar-refractivity contribution in [2.24, 2.45) is 28.6 Å². The number of carbonyl (C=O) groups is 3. The molecule has 0 aromatic rings. The molecule has 0 aromatic heterocycles. The summed E-state index contributed by atoms with van der Waals surface area (Å²) in [6, 6.07) is 0. The zero-order chi connectivity index (χ0) is 21.3. The van der Waals surface area contributed by atoms with E-state index in [0.717, 1.165) is 31.3 Å². The predicted molar refractivity (Wildman–Crippen MR) is 102 cm³/mol. The van der Waals surface area contributed by atoms with Gasteiger partial charge >= 0.3 is 17.9 Å². The highest BCUT2D eigenvalue weighted by Gasteiger charge is 2.52. The van der Waals surface area contributed by atoms with E-state index < -0.39 is 36.4 Å². The quantitative estimate of drug-likeness (QED) is 0.537. The molecule has 0 radical (unpaired) electrons. The zero-order valence-corrected chi connectivity index (χ0v) is 17.1. The van der Waals surface area contributed by atoms with Crippen molar-refractivity contribution < 1.29 is 34.4 Å². The maximum absolute atomic E-state index is 11.7. The lowest BCUT2D eigenvalue weighted by molar-refractivity contribution is -0.169. The molecule has 0 heterocycles. The van der Waals surface area contributed by atoms with Crippen LogP contribution in [0.5, 0.6) is 0 Å². The van der Waals surface area contributed by atoms with Gasteiger partial charge in [-0.15, -0.1) is 0 Å². The Kier molecular flexibility index (Phi) is 6.58. The highest BCUT2D eigenvalue weighted by molar-refractivity contribution is 5.85. The summed E-state index contributed by atoms with van der Waals surface area (Å²) in [5, 5.41) is 27.8. The number of fused-ring (bicyclic) bond motifs is 1. The molecule has 28 heavy (non-hydrogen) atoms. The van der Waals surface area contributed by atoms with Gasteiger partial charge in [-0.25, -0.2) is 4.79 Å². The molecule has 2 aliphatic rings. The van der Waals surface area contributed by atoms with Crippen LogP contribution in [-0.2, 0) is 19.1 Å². The normalized spacial score (nSPS) is 31.2. The minimum Gasteiger partial charge on any atom is -0.481 e. The molecule has 0 aromatic carbocycles. The van der Waals surface area contributed by atoms with Gasteiger partial charge in [-0.3, -0.25) is 9.59 Å². The number of carboxylic acids is 3. The Balaban J connectivity index is 2.25. The van der Waals surface area contributed by atoms with Gasteiger partial charge in [0.05, 0.1) is 13.0 Å². The summed E-state index contributed by atoms with van der Waals surface area (Å²) in [5.41, 5.74) is 1.24. The summed E-state index contributed by atoms with van der Waals surface area (Å²) in [7, 11) is 0. The molecule has 1 fully saturated rings. The van der Waals surface area contributed by atoms with E-state index in [9.17, 15) is 24.6 Å². The second-order valence-corrected chi connectivity index (χ2v) is 9.27. The molecule has 0 saturated heterocycles. The van der Waals surface area contributed by atoms with Crippen LogP contribution < -0.4 is 0 Å². The highest BCUT2D eigenvalue weighted by atomic mass is 16.5. The van der Waals surface area contributed by atoms with E-state index in [1.54, 1.807) is 0 Å². The van der Waals surface area contributed by atoms with Gasteiger partial charge < -0.3 is 20.1 Å². The maximum Gasteiger partial charge on any atom is 0.333 e. The van der Waals surface area contributed by atoms with Crippen LogP contribution >= 0.6 is 0 Å². The second-order valence-electron chi connectivity index (χ2n) is 9.27. The molecule has 5 unspecified atom stereocenters. The van der Waals surface area contributed by atoms with Crippen molar-refractivity contribution in [3.05, 3.63) is 11.6 Å². The van der Waals surface area contributed by atoms with Crippen molar-refractivity contribution in [3.63, 3.8) is 0 Å². The van der Waals surface area contributed by atoms with Crippen molar-refractivity contribution in [1.29, 1.82) is 0 Å². The molecule has 2 rings (SSSR count). The first kappa shape index (κ1) is 22.4. The molecule has 7 heteroatoms. The number of rotatable bonds is 8. The number of aliphatic carboxylic acids is 3. The van der Waals surface area contributed by atoms with Gasteiger partial charge in [-0.05, 0) is 42.9 Å². The van der Waals surface area contributed by atoms with Crippen molar-refractivity contribution in [2.45, 2.75) is 65.9 Å². The minimum atomic E-state index is -1.69. The van der Waals surface area contributed by atoms with Gasteiger partial charge in [0, 0.05) is 5.92 Å². The SMILES string of the molecule is CC1=CCC2C(C)(C)CCCC2(C)C1COC(C(=O)O)C(CC(=O)O)C(=O)O. The highest BCUT2D eigenvalue weighted by Crippen LogP contribution is 2.59. The van der Waals surface area contributed by atoms with Gasteiger partial charge in [0.15, 0.2) is 6.10 Å². The first-order valence-corrected chi connectivity index (χ1v) is 9.86. The summed E-state index contributed by atoms with van der Waals surface area (Å²) >= 11 is 0. The topological polar surface area (TPSA) is 121 Å². The van der Waals surface area contributed by atoms with Gasteiger partial charge in [-0.2, -0.15) is 0 Å². The largest absolute Gasteiger partial charge is 0.481 e. The predicted octanol–water partition coefficient (Wildman–Crippen LogP) is 3.43. The van der Waals surface area contributed by atoms with Crippen LogP contribution in [0, 0.1) is 28.6 Å². The summed E-state index contributed by atoms with van der Waals surface area (Å²) in [6.45, 7) is 8.86. The van der Waals surface area contributed by atoms with Crippen molar-refractivity contribution in [3.8, 4) is 0 Å².